The number of aromatic nitrogens is 2. The molecule has 102 valence electrons. The van der Waals surface area contributed by atoms with E-state index in [-0.39, 0.29) is 0 Å². The second-order valence-corrected chi connectivity index (χ2v) is 7.30. The van der Waals surface area contributed by atoms with E-state index in [2.05, 4.69) is 35.4 Å². The van der Waals surface area contributed by atoms with Gasteiger partial charge in [0.1, 0.15) is 5.01 Å². The summed E-state index contributed by atoms with van der Waals surface area (Å²) in [5.74, 6) is 0. The first-order chi connectivity index (χ1) is 9.06. The first kappa shape index (κ1) is 14.8. The molecule has 1 heterocycles. The number of halogens is 1. The highest BCUT2D eigenvalue weighted by molar-refractivity contribution is 8.01. The third-order valence-corrected chi connectivity index (χ3v) is 4.95. The lowest BCUT2D eigenvalue weighted by Crippen LogP contribution is -2.22. The third-order valence-electron chi connectivity index (χ3n) is 2.45. The van der Waals surface area contributed by atoms with E-state index in [1.165, 1.54) is 5.56 Å². The molecular formula is C13H16ClN3S2. The second kappa shape index (κ2) is 6.70. The van der Waals surface area contributed by atoms with Crippen LogP contribution in [-0.4, -0.2) is 16.2 Å². The Labute approximate surface area is 126 Å². The molecule has 0 bridgehead atoms. The number of nitrogens with zero attached hydrogens (tertiary/aromatic N) is 2. The summed E-state index contributed by atoms with van der Waals surface area (Å²) in [6.07, 6.45) is 0. The molecular weight excluding hydrogens is 298 g/mol. The molecule has 1 aromatic carbocycles. The van der Waals surface area contributed by atoms with Crippen molar-refractivity contribution in [2.45, 2.75) is 42.6 Å². The van der Waals surface area contributed by atoms with Gasteiger partial charge in [-0.2, -0.15) is 0 Å². The van der Waals surface area contributed by atoms with Gasteiger partial charge in [-0.1, -0.05) is 60.7 Å². The van der Waals surface area contributed by atoms with Crippen LogP contribution >= 0.6 is 34.7 Å². The number of hydrogen-bond donors (Lipinski definition) is 1. The van der Waals surface area contributed by atoms with Crippen LogP contribution in [-0.2, 0) is 6.54 Å². The quantitative estimate of drug-likeness (QED) is 0.900. The van der Waals surface area contributed by atoms with Gasteiger partial charge in [-0.25, -0.2) is 0 Å². The van der Waals surface area contributed by atoms with Gasteiger partial charge < -0.3 is 5.32 Å². The minimum absolute atomic E-state index is 0.445. The van der Waals surface area contributed by atoms with Crippen molar-refractivity contribution >= 4 is 34.7 Å². The van der Waals surface area contributed by atoms with Crippen molar-refractivity contribution < 1.29 is 0 Å². The highest BCUT2D eigenvalue weighted by Crippen LogP contribution is 2.37. The fourth-order valence-electron chi connectivity index (χ4n) is 1.53. The molecule has 19 heavy (non-hydrogen) atoms. The van der Waals surface area contributed by atoms with Gasteiger partial charge in [0.25, 0.3) is 0 Å². The zero-order valence-electron chi connectivity index (χ0n) is 11.1. The van der Waals surface area contributed by atoms with Gasteiger partial charge in [0.05, 0.1) is 5.02 Å². The fourth-order valence-corrected chi connectivity index (χ4v) is 3.73. The number of benzene rings is 1. The van der Waals surface area contributed by atoms with E-state index >= 15 is 0 Å². The Bertz CT molecular complexity index is 555. The SMILES string of the molecule is Cc1nnc(Sc2c(Cl)cccc2CNC(C)C)s1. The predicted molar refractivity (Wildman–Crippen MR) is 82.2 cm³/mol. The highest BCUT2D eigenvalue weighted by Gasteiger charge is 2.11. The fraction of sp³-hybridized carbons (Fsp3) is 0.385. The van der Waals surface area contributed by atoms with Crippen molar-refractivity contribution in [2.75, 3.05) is 0 Å². The summed E-state index contributed by atoms with van der Waals surface area (Å²) in [5, 5.41) is 13.3. The van der Waals surface area contributed by atoms with Crippen LogP contribution < -0.4 is 5.32 Å². The highest BCUT2D eigenvalue weighted by atomic mass is 35.5. The van der Waals surface area contributed by atoms with Crippen molar-refractivity contribution in [2.24, 2.45) is 0 Å². The van der Waals surface area contributed by atoms with E-state index in [9.17, 15) is 0 Å². The van der Waals surface area contributed by atoms with Crippen LogP contribution in [0.2, 0.25) is 5.02 Å². The molecule has 0 radical (unpaired) electrons. The Kier molecular flexibility index (Phi) is 5.21. The minimum atomic E-state index is 0.445. The van der Waals surface area contributed by atoms with Gasteiger partial charge >= 0.3 is 0 Å². The number of aryl methyl sites for hydroxylation is 1. The summed E-state index contributed by atoms with van der Waals surface area (Å²) in [4.78, 5) is 1.06. The molecule has 0 atom stereocenters. The van der Waals surface area contributed by atoms with Gasteiger partial charge in [-0.05, 0) is 18.6 Å². The van der Waals surface area contributed by atoms with Crippen LogP contribution in [0.15, 0.2) is 27.4 Å². The van der Waals surface area contributed by atoms with Gasteiger partial charge in [-0.15, -0.1) is 10.2 Å². The van der Waals surface area contributed by atoms with Gasteiger partial charge in [0.2, 0.25) is 0 Å². The molecule has 0 aliphatic rings. The maximum atomic E-state index is 6.31. The normalized spacial score (nSPS) is 11.2. The Morgan fingerprint density at radius 1 is 1.37 bits per heavy atom. The van der Waals surface area contributed by atoms with E-state index in [1.54, 1.807) is 23.1 Å². The van der Waals surface area contributed by atoms with Crippen molar-refractivity contribution in [3.05, 3.63) is 33.8 Å². The Balaban J connectivity index is 2.22. The lowest BCUT2D eigenvalue weighted by molar-refractivity contribution is 0.585. The van der Waals surface area contributed by atoms with Crippen LogP contribution in [0, 0.1) is 6.92 Å². The average molecular weight is 314 g/mol. The average Bonchev–Trinajstić information content (AvgIpc) is 2.75. The second-order valence-electron chi connectivity index (χ2n) is 4.45. The van der Waals surface area contributed by atoms with E-state index in [0.29, 0.717) is 6.04 Å². The van der Waals surface area contributed by atoms with Crippen molar-refractivity contribution in [1.82, 2.24) is 15.5 Å². The van der Waals surface area contributed by atoms with Crippen molar-refractivity contribution in [1.29, 1.82) is 0 Å². The topological polar surface area (TPSA) is 37.8 Å². The summed E-state index contributed by atoms with van der Waals surface area (Å²) in [7, 11) is 0. The molecule has 0 aliphatic carbocycles. The summed E-state index contributed by atoms with van der Waals surface area (Å²) in [5.41, 5.74) is 1.19. The van der Waals surface area contributed by atoms with Crippen LogP contribution in [0.5, 0.6) is 0 Å². The van der Waals surface area contributed by atoms with E-state index < -0.39 is 0 Å². The minimum Gasteiger partial charge on any atom is -0.310 e. The molecule has 0 saturated carbocycles. The molecule has 0 fully saturated rings. The maximum absolute atomic E-state index is 6.31. The number of hydrogen-bond acceptors (Lipinski definition) is 5. The van der Waals surface area contributed by atoms with Crippen LogP contribution in [0.1, 0.15) is 24.4 Å². The Hall–Kier alpha value is -0.620. The monoisotopic (exact) mass is 313 g/mol. The van der Waals surface area contributed by atoms with Gasteiger partial charge in [-0.3, -0.25) is 0 Å². The molecule has 1 N–H and O–H groups in total. The summed E-state index contributed by atoms with van der Waals surface area (Å²) in [6, 6.07) is 6.43. The van der Waals surface area contributed by atoms with E-state index in [1.807, 2.05) is 19.1 Å². The largest absolute Gasteiger partial charge is 0.310 e. The molecule has 6 heteroatoms. The lowest BCUT2D eigenvalue weighted by Gasteiger charge is -2.12. The van der Waals surface area contributed by atoms with Crippen molar-refractivity contribution in [3.8, 4) is 0 Å². The zero-order chi connectivity index (χ0) is 13.8. The smallest absolute Gasteiger partial charge is 0.179 e. The number of nitrogens with one attached hydrogen (secondary N) is 1. The molecule has 0 amide bonds. The molecule has 0 unspecified atom stereocenters. The first-order valence-corrected chi connectivity index (χ1v) is 8.06. The van der Waals surface area contributed by atoms with Crippen molar-refractivity contribution in [3.63, 3.8) is 0 Å². The summed E-state index contributed by atoms with van der Waals surface area (Å²) < 4.78 is 0.927. The standard InChI is InChI=1S/C13H16ClN3S2/c1-8(2)15-7-10-5-4-6-11(14)12(10)19-13-17-16-9(3)18-13/h4-6,8,15H,7H2,1-3H3. The molecule has 2 aromatic rings. The maximum Gasteiger partial charge on any atom is 0.179 e. The molecule has 1 aromatic heterocycles. The molecule has 0 saturated heterocycles. The van der Waals surface area contributed by atoms with Crippen LogP contribution in [0.3, 0.4) is 0 Å². The molecule has 0 aliphatic heterocycles. The van der Waals surface area contributed by atoms with Crippen LogP contribution in [0.4, 0.5) is 0 Å². The summed E-state index contributed by atoms with van der Waals surface area (Å²) in [6.45, 7) is 7.02. The zero-order valence-corrected chi connectivity index (χ0v) is 13.5. The summed E-state index contributed by atoms with van der Waals surface area (Å²) >= 11 is 9.48. The molecule has 2 rings (SSSR count). The van der Waals surface area contributed by atoms with Gasteiger partial charge in [0.15, 0.2) is 4.34 Å². The van der Waals surface area contributed by atoms with Gasteiger partial charge in [0, 0.05) is 17.5 Å². The Morgan fingerprint density at radius 3 is 2.79 bits per heavy atom. The molecule has 3 nitrogen and oxygen atoms in total. The lowest BCUT2D eigenvalue weighted by atomic mass is 10.2. The third kappa shape index (κ3) is 4.18. The van der Waals surface area contributed by atoms with Crippen LogP contribution in [0.25, 0.3) is 0 Å². The predicted octanol–water partition coefficient (Wildman–Crippen LogP) is 4.15. The van der Waals surface area contributed by atoms with E-state index in [0.717, 1.165) is 25.8 Å². The van der Waals surface area contributed by atoms with E-state index in [4.69, 9.17) is 11.6 Å². The Morgan fingerprint density at radius 2 is 2.16 bits per heavy atom. The first-order valence-electron chi connectivity index (χ1n) is 6.05. The molecule has 0 spiro atoms. The number of rotatable bonds is 5.